The average Bonchev–Trinajstić information content (AvgIpc) is 2.99. The van der Waals surface area contributed by atoms with E-state index < -0.39 is 0 Å². The fraction of sp³-hybridized carbons (Fsp3) is 0.167. The first-order valence-corrected chi connectivity index (χ1v) is 4.80. The Balaban J connectivity index is 1.93. The lowest BCUT2D eigenvalue weighted by atomic mass is 10.2. The van der Waals surface area contributed by atoms with Crippen LogP contribution in [0.5, 0.6) is 0 Å². The summed E-state index contributed by atoms with van der Waals surface area (Å²) in [6.07, 6.45) is 0.124. The molecule has 76 valence electrons. The summed E-state index contributed by atoms with van der Waals surface area (Å²) in [5, 5.41) is 0. The van der Waals surface area contributed by atoms with Crippen LogP contribution in [0.25, 0.3) is 11.3 Å². The Kier molecular flexibility index (Phi) is 1.86. The molecule has 1 fully saturated rings. The second-order valence-corrected chi connectivity index (χ2v) is 3.53. The Hall–Kier alpha value is -1.61. The minimum Gasteiger partial charge on any atom is -0.458 e. The molecule has 2 aromatic rings. The number of rotatable bonds is 2. The molecule has 1 aromatic carbocycles. The van der Waals surface area contributed by atoms with Crippen LogP contribution < -0.4 is 0 Å². The molecule has 1 aromatic heterocycles. The second-order valence-electron chi connectivity index (χ2n) is 3.53. The highest BCUT2D eigenvalue weighted by Crippen LogP contribution is 2.33. The maximum absolute atomic E-state index is 12.7. The van der Waals surface area contributed by atoms with Crippen LogP contribution in [0.4, 0.5) is 4.39 Å². The Morgan fingerprint density at radius 1 is 1.07 bits per heavy atom. The van der Waals surface area contributed by atoms with E-state index in [0.29, 0.717) is 0 Å². The van der Waals surface area contributed by atoms with E-state index in [1.165, 1.54) is 12.1 Å². The SMILES string of the molecule is Fc1ccc(-c2ccc([C@H]3CO3)o2)cc1. The first kappa shape index (κ1) is 8.68. The molecule has 3 heteroatoms. The third kappa shape index (κ3) is 1.66. The molecule has 1 aliphatic heterocycles. The van der Waals surface area contributed by atoms with Gasteiger partial charge in [-0.05, 0) is 36.4 Å². The summed E-state index contributed by atoms with van der Waals surface area (Å²) >= 11 is 0. The van der Waals surface area contributed by atoms with E-state index in [1.807, 2.05) is 12.1 Å². The third-order valence-corrected chi connectivity index (χ3v) is 2.41. The summed E-state index contributed by atoms with van der Waals surface area (Å²) in [4.78, 5) is 0. The van der Waals surface area contributed by atoms with Crippen molar-refractivity contribution in [1.29, 1.82) is 0 Å². The first-order chi connectivity index (χ1) is 7.33. The van der Waals surface area contributed by atoms with Gasteiger partial charge in [0.15, 0.2) is 0 Å². The van der Waals surface area contributed by atoms with E-state index in [0.717, 1.165) is 23.7 Å². The number of epoxide rings is 1. The second kappa shape index (κ2) is 3.21. The van der Waals surface area contributed by atoms with Crippen LogP contribution in [0.3, 0.4) is 0 Å². The fourth-order valence-corrected chi connectivity index (χ4v) is 1.51. The van der Waals surface area contributed by atoms with Crippen LogP contribution >= 0.6 is 0 Å². The average molecular weight is 204 g/mol. The molecule has 0 spiro atoms. The van der Waals surface area contributed by atoms with E-state index in [9.17, 15) is 4.39 Å². The maximum Gasteiger partial charge on any atom is 0.139 e. The Morgan fingerprint density at radius 3 is 2.47 bits per heavy atom. The lowest BCUT2D eigenvalue weighted by Crippen LogP contribution is -1.76. The van der Waals surface area contributed by atoms with Crippen molar-refractivity contribution in [2.24, 2.45) is 0 Å². The number of furan rings is 1. The van der Waals surface area contributed by atoms with Gasteiger partial charge in [0, 0.05) is 5.56 Å². The summed E-state index contributed by atoms with van der Waals surface area (Å²) in [5.41, 5.74) is 0.878. The van der Waals surface area contributed by atoms with Crippen LogP contribution in [-0.2, 0) is 4.74 Å². The number of halogens is 1. The van der Waals surface area contributed by atoms with E-state index in [2.05, 4.69) is 0 Å². The van der Waals surface area contributed by atoms with Crippen molar-refractivity contribution >= 4 is 0 Å². The lowest BCUT2D eigenvalue weighted by molar-refractivity contribution is 0.373. The van der Waals surface area contributed by atoms with Crippen LogP contribution in [-0.4, -0.2) is 6.61 Å². The Morgan fingerprint density at radius 2 is 1.80 bits per heavy atom. The van der Waals surface area contributed by atoms with Crippen molar-refractivity contribution in [3.8, 4) is 11.3 Å². The predicted octanol–water partition coefficient (Wildman–Crippen LogP) is 3.16. The smallest absolute Gasteiger partial charge is 0.139 e. The van der Waals surface area contributed by atoms with Gasteiger partial charge in [0.2, 0.25) is 0 Å². The summed E-state index contributed by atoms with van der Waals surface area (Å²) in [7, 11) is 0. The number of hydrogen-bond acceptors (Lipinski definition) is 2. The van der Waals surface area contributed by atoms with Crippen LogP contribution in [0.2, 0.25) is 0 Å². The number of hydrogen-bond donors (Lipinski definition) is 0. The van der Waals surface area contributed by atoms with Gasteiger partial charge >= 0.3 is 0 Å². The van der Waals surface area contributed by atoms with Crippen LogP contribution in [0.15, 0.2) is 40.8 Å². The normalized spacial score (nSPS) is 19.1. The number of ether oxygens (including phenoxy) is 1. The van der Waals surface area contributed by atoms with Crippen molar-refractivity contribution in [2.45, 2.75) is 6.10 Å². The topological polar surface area (TPSA) is 25.7 Å². The van der Waals surface area contributed by atoms with Gasteiger partial charge in [-0.25, -0.2) is 4.39 Å². The van der Waals surface area contributed by atoms with E-state index in [1.54, 1.807) is 12.1 Å². The van der Waals surface area contributed by atoms with Gasteiger partial charge in [-0.1, -0.05) is 0 Å². The predicted molar refractivity (Wildman–Crippen MR) is 52.8 cm³/mol. The highest BCUT2D eigenvalue weighted by Gasteiger charge is 2.28. The monoisotopic (exact) mass is 204 g/mol. The Labute approximate surface area is 86.3 Å². The molecule has 0 N–H and O–H groups in total. The van der Waals surface area contributed by atoms with Gasteiger partial charge in [0.25, 0.3) is 0 Å². The van der Waals surface area contributed by atoms with Gasteiger partial charge in [0.1, 0.15) is 23.4 Å². The number of benzene rings is 1. The maximum atomic E-state index is 12.7. The molecular weight excluding hydrogens is 195 g/mol. The van der Waals surface area contributed by atoms with Crippen molar-refractivity contribution < 1.29 is 13.5 Å². The van der Waals surface area contributed by atoms with E-state index >= 15 is 0 Å². The van der Waals surface area contributed by atoms with Gasteiger partial charge in [0.05, 0.1) is 6.61 Å². The molecule has 0 unspecified atom stereocenters. The van der Waals surface area contributed by atoms with Crippen LogP contribution in [0, 0.1) is 5.82 Å². The van der Waals surface area contributed by atoms with Gasteiger partial charge in [-0.2, -0.15) is 0 Å². The molecule has 2 heterocycles. The van der Waals surface area contributed by atoms with Gasteiger partial charge in [-0.15, -0.1) is 0 Å². The zero-order valence-corrected chi connectivity index (χ0v) is 7.94. The summed E-state index contributed by atoms with van der Waals surface area (Å²) in [6, 6.07) is 10.0. The van der Waals surface area contributed by atoms with Crippen molar-refractivity contribution in [3.05, 3.63) is 48.0 Å². The highest BCUT2D eigenvalue weighted by atomic mass is 19.1. The lowest BCUT2D eigenvalue weighted by Gasteiger charge is -1.95. The van der Waals surface area contributed by atoms with Crippen molar-refractivity contribution in [1.82, 2.24) is 0 Å². The van der Waals surface area contributed by atoms with Crippen LogP contribution in [0.1, 0.15) is 11.9 Å². The molecule has 0 amide bonds. The zero-order valence-electron chi connectivity index (χ0n) is 7.94. The quantitative estimate of drug-likeness (QED) is 0.702. The summed E-state index contributed by atoms with van der Waals surface area (Å²) in [6.45, 7) is 0.733. The molecule has 0 bridgehead atoms. The van der Waals surface area contributed by atoms with Crippen molar-refractivity contribution in [2.75, 3.05) is 6.61 Å². The molecule has 1 atom stereocenters. The van der Waals surface area contributed by atoms with Gasteiger partial charge in [-0.3, -0.25) is 0 Å². The zero-order chi connectivity index (χ0) is 10.3. The third-order valence-electron chi connectivity index (χ3n) is 2.41. The standard InChI is InChI=1S/C12H9FO2/c13-9-3-1-8(2-4-9)10-5-6-11(15-10)12-7-14-12/h1-6,12H,7H2/t12-/m1/s1. The minimum atomic E-state index is -0.240. The van der Waals surface area contributed by atoms with Gasteiger partial charge < -0.3 is 9.15 Å². The van der Waals surface area contributed by atoms with Crippen molar-refractivity contribution in [3.63, 3.8) is 0 Å². The first-order valence-electron chi connectivity index (χ1n) is 4.80. The van der Waals surface area contributed by atoms with E-state index in [-0.39, 0.29) is 11.9 Å². The molecule has 1 saturated heterocycles. The highest BCUT2D eigenvalue weighted by molar-refractivity contribution is 5.57. The largest absolute Gasteiger partial charge is 0.458 e. The summed E-state index contributed by atoms with van der Waals surface area (Å²) < 4.78 is 23.4. The molecule has 2 nitrogen and oxygen atoms in total. The molecule has 0 aliphatic carbocycles. The molecule has 0 saturated carbocycles. The Bertz CT molecular complexity index is 469. The molecule has 0 radical (unpaired) electrons. The summed E-state index contributed by atoms with van der Waals surface area (Å²) in [5.74, 6) is 1.35. The molecular formula is C12H9FO2. The molecule has 15 heavy (non-hydrogen) atoms. The molecule has 3 rings (SSSR count). The van der Waals surface area contributed by atoms with E-state index in [4.69, 9.17) is 9.15 Å². The molecule has 1 aliphatic rings. The minimum absolute atomic E-state index is 0.124. The fourth-order valence-electron chi connectivity index (χ4n) is 1.51.